The van der Waals surface area contributed by atoms with E-state index in [4.69, 9.17) is 0 Å². The Hall–Kier alpha value is -1.98. The molecule has 1 N–H and O–H groups in total. The number of aldehydes is 2. The number of anilines is 1. The van der Waals surface area contributed by atoms with Gasteiger partial charge in [0.2, 0.25) is 0 Å². The van der Waals surface area contributed by atoms with Crippen LogP contribution in [0.5, 0.6) is 0 Å². The van der Waals surface area contributed by atoms with Gasteiger partial charge in [0.25, 0.3) is 5.56 Å². The fourth-order valence-corrected chi connectivity index (χ4v) is 3.09. The predicted octanol–water partition coefficient (Wildman–Crippen LogP) is 2.52. The molecule has 128 valence electrons. The van der Waals surface area contributed by atoms with Gasteiger partial charge >= 0.3 is 0 Å². The van der Waals surface area contributed by atoms with Crippen LogP contribution in [0.15, 0.2) is 11.0 Å². The number of nitrogens with one attached hydrogen (secondary N) is 1. The molecule has 1 aromatic heterocycles. The highest BCUT2D eigenvalue weighted by atomic mass is 16.1. The lowest BCUT2D eigenvalue weighted by Crippen LogP contribution is -2.27. The first-order valence-corrected chi connectivity index (χ1v) is 8.01. The van der Waals surface area contributed by atoms with E-state index in [-0.39, 0.29) is 12.1 Å². The summed E-state index contributed by atoms with van der Waals surface area (Å²) in [5, 5.41) is 6.36. The van der Waals surface area contributed by atoms with Crippen LogP contribution in [0.25, 0.3) is 0 Å². The minimum atomic E-state index is -0.570. The van der Waals surface area contributed by atoms with Crippen molar-refractivity contribution in [1.82, 2.24) is 9.78 Å². The number of carbonyl (C=O) groups excluding carboxylic acids is 2. The van der Waals surface area contributed by atoms with Crippen molar-refractivity contribution in [3.05, 3.63) is 22.1 Å². The topological polar surface area (TPSA) is 81.1 Å². The number of hydrogen-bond acceptors (Lipinski definition) is 5. The molecule has 1 aromatic rings. The Balaban J connectivity index is 0.000000253. The van der Waals surface area contributed by atoms with Crippen LogP contribution >= 0.6 is 0 Å². The number of carbonyl (C=O) groups is 2. The second kappa shape index (κ2) is 8.60. The molecule has 6 heteroatoms. The van der Waals surface area contributed by atoms with E-state index in [0.717, 1.165) is 10.6 Å². The van der Waals surface area contributed by atoms with E-state index >= 15 is 0 Å². The van der Waals surface area contributed by atoms with Gasteiger partial charge in [-0.05, 0) is 24.2 Å². The molecule has 1 atom stereocenters. The lowest BCUT2D eigenvalue weighted by Gasteiger charge is -2.33. The van der Waals surface area contributed by atoms with E-state index in [1.165, 1.54) is 31.9 Å². The highest BCUT2D eigenvalue weighted by Crippen LogP contribution is 2.37. The van der Waals surface area contributed by atoms with Gasteiger partial charge in [-0.2, -0.15) is 5.10 Å². The Labute approximate surface area is 137 Å². The van der Waals surface area contributed by atoms with E-state index in [9.17, 15) is 14.4 Å². The van der Waals surface area contributed by atoms with Crippen molar-refractivity contribution < 1.29 is 9.59 Å². The second-order valence-electron chi connectivity index (χ2n) is 6.86. The summed E-state index contributed by atoms with van der Waals surface area (Å²) in [6.45, 7) is 7.01. The highest BCUT2D eigenvalue weighted by Gasteiger charge is 2.24. The quantitative estimate of drug-likeness (QED) is 0.862. The van der Waals surface area contributed by atoms with Crippen molar-refractivity contribution in [1.29, 1.82) is 0 Å². The summed E-state index contributed by atoms with van der Waals surface area (Å²) < 4.78 is 0.928. The molecule has 0 amide bonds. The van der Waals surface area contributed by atoms with Crippen LogP contribution in [0.3, 0.4) is 0 Å². The van der Waals surface area contributed by atoms with Gasteiger partial charge in [0.15, 0.2) is 6.29 Å². The number of hydrogen-bond donors (Lipinski definition) is 1. The van der Waals surface area contributed by atoms with Gasteiger partial charge in [0, 0.05) is 7.05 Å². The molecule has 6 nitrogen and oxygen atoms in total. The van der Waals surface area contributed by atoms with E-state index < -0.39 is 5.56 Å². The second-order valence-corrected chi connectivity index (χ2v) is 6.86. The molecule has 1 fully saturated rings. The zero-order valence-electron chi connectivity index (χ0n) is 14.5. The Kier molecular flexibility index (Phi) is 7.13. The van der Waals surface area contributed by atoms with E-state index in [2.05, 4.69) is 31.2 Å². The molecule has 0 spiro atoms. The monoisotopic (exact) mass is 321 g/mol. The van der Waals surface area contributed by atoms with Crippen LogP contribution in [-0.4, -0.2) is 29.4 Å². The first kappa shape index (κ1) is 19.1. The first-order chi connectivity index (χ1) is 10.8. The number of aromatic nitrogens is 2. The summed E-state index contributed by atoms with van der Waals surface area (Å²) in [5.74, 6) is 0.980. The average Bonchev–Trinajstić information content (AvgIpc) is 2.48. The van der Waals surface area contributed by atoms with Crippen molar-refractivity contribution in [2.45, 2.75) is 53.0 Å². The molecule has 0 aliphatic heterocycles. The summed E-state index contributed by atoms with van der Waals surface area (Å²) in [5.41, 5.74) is 0.410. The van der Waals surface area contributed by atoms with Crippen molar-refractivity contribution in [2.24, 2.45) is 11.3 Å². The summed E-state index contributed by atoms with van der Waals surface area (Å²) in [6.07, 6.45) is 8.11. The SMILES string of the molecule is CNc1cnn(CC=O)c(=O)c1C=O.C[C@H]1CCCC(C)(C)C1. The van der Waals surface area contributed by atoms with Crippen molar-refractivity contribution in [2.75, 3.05) is 12.4 Å². The third-order valence-electron chi connectivity index (χ3n) is 4.17. The number of rotatable bonds is 4. The van der Waals surface area contributed by atoms with E-state index in [0.29, 0.717) is 23.7 Å². The Morgan fingerprint density at radius 2 is 2.13 bits per heavy atom. The van der Waals surface area contributed by atoms with Gasteiger partial charge in [0.05, 0.1) is 11.9 Å². The Bertz CT molecular complexity index is 593. The zero-order chi connectivity index (χ0) is 17.5. The highest BCUT2D eigenvalue weighted by molar-refractivity contribution is 5.82. The zero-order valence-corrected chi connectivity index (χ0v) is 14.5. The molecular weight excluding hydrogens is 294 g/mol. The lowest BCUT2D eigenvalue weighted by molar-refractivity contribution is -0.108. The molecule has 0 saturated heterocycles. The van der Waals surface area contributed by atoms with E-state index in [1.807, 2.05) is 0 Å². The van der Waals surface area contributed by atoms with Gasteiger partial charge in [-0.25, -0.2) is 4.68 Å². The third-order valence-corrected chi connectivity index (χ3v) is 4.17. The molecule has 0 radical (unpaired) electrons. The molecule has 1 aliphatic carbocycles. The maximum absolute atomic E-state index is 11.4. The van der Waals surface area contributed by atoms with Crippen molar-refractivity contribution in [3.8, 4) is 0 Å². The van der Waals surface area contributed by atoms with Gasteiger partial charge < -0.3 is 10.1 Å². The standard InChI is InChI=1S/C9H18.C8H9N3O3/c1-8-5-4-6-9(2,3)7-8;1-9-7-4-10-11(2-3-12)8(14)6(7)5-13/h8H,4-7H2,1-3H3;3-5,9H,2H2,1H3/t8-;/m0./s1. The van der Waals surface area contributed by atoms with Crippen LogP contribution < -0.4 is 10.9 Å². The lowest BCUT2D eigenvalue weighted by atomic mass is 9.73. The molecule has 1 aliphatic rings. The summed E-state index contributed by atoms with van der Waals surface area (Å²) in [6, 6.07) is 0. The first-order valence-electron chi connectivity index (χ1n) is 8.01. The van der Waals surface area contributed by atoms with Gasteiger partial charge in [0.1, 0.15) is 18.4 Å². The van der Waals surface area contributed by atoms with Crippen LogP contribution in [0.4, 0.5) is 5.69 Å². The maximum atomic E-state index is 11.4. The van der Waals surface area contributed by atoms with E-state index in [1.54, 1.807) is 7.05 Å². The van der Waals surface area contributed by atoms with Crippen molar-refractivity contribution in [3.63, 3.8) is 0 Å². The molecule has 2 rings (SSSR count). The summed E-state index contributed by atoms with van der Waals surface area (Å²) in [4.78, 5) is 32.2. The summed E-state index contributed by atoms with van der Waals surface area (Å²) >= 11 is 0. The van der Waals surface area contributed by atoms with Gasteiger partial charge in [-0.3, -0.25) is 9.59 Å². The fraction of sp³-hybridized carbons (Fsp3) is 0.647. The third kappa shape index (κ3) is 5.62. The maximum Gasteiger partial charge on any atom is 0.279 e. The summed E-state index contributed by atoms with van der Waals surface area (Å²) in [7, 11) is 1.58. The fourth-order valence-electron chi connectivity index (χ4n) is 3.09. The molecule has 0 bridgehead atoms. The molecule has 0 aromatic carbocycles. The number of nitrogens with zero attached hydrogens (tertiary/aromatic N) is 2. The Morgan fingerprint density at radius 3 is 2.57 bits per heavy atom. The predicted molar refractivity (Wildman–Crippen MR) is 90.9 cm³/mol. The average molecular weight is 321 g/mol. The van der Waals surface area contributed by atoms with Crippen LogP contribution in [0, 0.1) is 11.3 Å². The Morgan fingerprint density at radius 1 is 1.43 bits per heavy atom. The van der Waals surface area contributed by atoms with Crippen LogP contribution in [0.1, 0.15) is 56.8 Å². The van der Waals surface area contributed by atoms with Crippen LogP contribution in [-0.2, 0) is 11.3 Å². The van der Waals surface area contributed by atoms with Crippen molar-refractivity contribution >= 4 is 18.3 Å². The largest absolute Gasteiger partial charge is 0.386 e. The molecular formula is C17H27N3O3. The molecule has 0 unspecified atom stereocenters. The van der Waals surface area contributed by atoms with Crippen LogP contribution in [0.2, 0.25) is 0 Å². The normalized spacial score (nSPS) is 19.2. The molecule has 23 heavy (non-hydrogen) atoms. The molecule has 1 saturated carbocycles. The molecule has 1 heterocycles. The smallest absolute Gasteiger partial charge is 0.279 e. The van der Waals surface area contributed by atoms with Gasteiger partial charge in [-0.1, -0.05) is 33.6 Å². The minimum Gasteiger partial charge on any atom is -0.386 e. The van der Waals surface area contributed by atoms with Gasteiger partial charge in [-0.15, -0.1) is 0 Å². The minimum absolute atomic E-state index is 0.0237.